The molecule has 0 unspecified atom stereocenters. The van der Waals surface area contributed by atoms with Crippen molar-refractivity contribution < 1.29 is 4.42 Å². The van der Waals surface area contributed by atoms with Crippen LogP contribution in [0.2, 0.25) is 0 Å². The molecule has 250 valence electrons. The molecule has 0 bridgehead atoms. The van der Waals surface area contributed by atoms with E-state index in [-0.39, 0.29) is 5.43 Å². The number of hydrogen-bond donors (Lipinski definition) is 0. The Morgan fingerprint density at radius 2 is 0.887 bits per heavy atom. The Kier molecular flexibility index (Phi) is 7.26. The molecule has 0 aliphatic heterocycles. The molecule has 0 fully saturated rings. The third-order valence-electron chi connectivity index (χ3n) is 10.2. The van der Waals surface area contributed by atoms with Crippen molar-refractivity contribution in [1.82, 2.24) is 4.57 Å². The van der Waals surface area contributed by atoms with Crippen molar-refractivity contribution in [3.63, 3.8) is 0 Å². The molecule has 0 saturated heterocycles. The zero-order valence-electron chi connectivity index (χ0n) is 28.7. The van der Waals surface area contributed by atoms with Crippen LogP contribution in [0, 0.1) is 0 Å². The van der Waals surface area contributed by atoms with Crippen LogP contribution in [0.25, 0.3) is 71.7 Å². The van der Waals surface area contributed by atoms with E-state index in [0.29, 0.717) is 21.9 Å². The Labute approximate surface area is 306 Å². The number of anilines is 3. The van der Waals surface area contributed by atoms with Gasteiger partial charge in [0.1, 0.15) is 11.2 Å². The van der Waals surface area contributed by atoms with Crippen molar-refractivity contribution in [3.05, 3.63) is 204 Å². The van der Waals surface area contributed by atoms with Crippen LogP contribution in [-0.2, 0) is 0 Å². The fourth-order valence-electron chi connectivity index (χ4n) is 7.74. The Bertz CT molecular complexity index is 2960. The lowest BCUT2D eigenvalue weighted by atomic mass is 9.98. The van der Waals surface area contributed by atoms with Crippen LogP contribution < -0.4 is 10.3 Å². The van der Waals surface area contributed by atoms with Gasteiger partial charge in [-0.15, -0.1) is 0 Å². The average Bonchev–Trinajstić information content (AvgIpc) is 3.56. The Morgan fingerprint density at radius 3 is 1.53 bits per heavy atom. The largest absolute Gasteiger partial charge is 0.455 e. The molecule has 10 aromatic rings. The zero-order valence-corrected chi connectivity index (χ0v) is 28.7. The molecule has 0 saturated carbocycles. The third kappa shape index (κ3) is 5.11. The summed E-state index contributed by atoms with van der Waals surface area (Å²) in [5.74, 6) is 0. The molecule has 0 N–H and O–H groups in total. The lowest BCUT2D eigenvalue weighted by Gasteiger charge is -2.25. The molecule has 2 heterocycles. The van der Waals surface area contributed by atoms with Gasteiger partial charge in [0.2, 0.25) is 5.43 Å². The molecule has 0 aliphatic rings. The maximum Gasteiger partial charge on any atom is 0.200 e. The van der Waals surface area contributed by atoms with Crippen molar-refractivity contribution in [2.75, 3.05) is 4.90 Å². The summed E-state index contributed by atoms with van der Waals surface area (Å²) in [6.07, 6.45) is 0. The van der Waals surface area contributed by atoms with Gasteiger partial charge in [-0.25, -0.2) is 0 Å². The van der Waals surface area contributed by atoms with Crippen LogP contribution in [0.5, 0.6) is 0 Å². The highest BCUT2D eigenvalue weighted by molar-refractivity contribution is 6.11. The van der Waals surface area contributed by atoms with E-state index in [1.807, 2.05) is 54.6 Å². The summed E-state index contributed by atoms with van der Waals surface area (Å²) in [7, 11) is 0. The highest BCUT2D eigenvalue weighted by Gasteiger charge is 2.19. The monoisotopic (exact) mass is 680 g/mol. The lowest BCUT2D eigenvalue weighted by molar-refractivity contribution is 0.662. The highest BCUT2D eigenvalue weighted by atomic mass is 16.3. The second-order valence-corrected chi connectivity index (χ2v) is 13.3. The van der Waals surface area contributed by atoms with Gasteiger partial charge >= 0.3 is 0 Å². The first-order valence-electron chi connectivity index (χ1n) is 17.8. The molecule has 0 aliphatic carbocycles. The molecular formula is C49H32N2O2. The van der Waals surface area contributed by atoms with Crippen molar-refractivity contribution in [2.24, 2.45) is 0 Å². The summed E-state index contributed by atoms with van der Waals surface area (Å²) >= 11 is 0. The fourth-order valence-corrected chi connectivity index (χ4v) is 7.74. The minimum Gasteiger partial charge on any atom is -0.455 e. The van der Waals surface area contributed by atoms with Crippen LogP contribution in [0.4, 0.5) is 17.1 Å². The Hall–Kier alpha value is -7.17. The molecule has 10 rings (SSSR count). The Morgan fingerprint density at radius 1 is 0.396 bits per heavy atom. The van der Waals surface area contributed by atoms with Gasteiger partial charge < -0.3 is 13.9 Å². The molecule has 8 aromatic carbocycles. The highest BCUT2D eigenvalue weighted by Crippen LogP contribution is 2.39. The van der Waals surface area contributed by atoms with E-state index in [1.165, 1.54) is 5.39 Å². The van der Waals surface area contributed by atoms with Gasteiger partial charge in [-0.05, 0) is 90.0 Å². The standard InChI is InChI=1S/C49H32N2O2/c52-47-42-23-12-21-39(33-26-29-38(30-27-33)50(35-14-4-1-5-15-35)36-16-6-2-7-17-36)48(42)53-49-40(22-13-24-43(47)49)34-28-31-46-44(32-34)41-20-10-11-25-45(41)51(46)37-18-8-3-9-19-37/h1-32H. The molecule has 4 heteroatoms. The van der Waals surface area contributed by atoms with Crippen LogP contribution in [0.15, 0.2) is 203 Å². The second kappa shape index (κ2) is 12.6. The van der Waals surface area contributed by atoms with Gasteiger partial charge in [0, 0.05) is 44.6 Å². The fraction of sp³-hybridized carbons (Fsp3) is 0. The normalized spacial score (nSPS) is 11.5. The molecular weight excluding hydrogens is 649 g/mol. The summed E-state index contributed by atoms with van der Waals surface area (Å²) in [6, 6.07) is 66.4. The van der Waals surface area contributed by atoms with E-state index in [9.17, 15) is 4.79 Å². The summed E-state index contributed by atoms with van der Waals surface area (Å²) in [6.45, 7) is 0. The van der Waals surface area contributed by atoms with Crippen LogP contribution in [0.1, 0.15) is 0 Å². The predicted molar refractivity (Wildman–Crippen MR) is 220 cm³/mol. The predicted octanol–water partition coefficient (Wildman–Crippen LogP) is 12.8. The molecule has 0 atom stereocenters. The maximum absolute atomic E-state index is 14.2. The molecule has 53 heavy (non-hydrogen) atoms. The van der Waals surface area contributed by atoms with Gasteiger partial charge in [0.25, 0.3) is 0 Å². The number of hydrogen-bond acceptors (Lipinski definition) is 3. The van der Waals surface area contributed by atoms with Crippen molar-refractivity contribution in [3.8, 4) is 27.9 Å². The topological polar surface area (TPSA) is 38.4 Å². The van der Waals surface area contributed by atoms with E-state index in [0.717, 1.165) is 61.4 Å². The third-order valence-corrected chi connectivity index (χ3v) is 10.2. The maximum atomic E-state index is 14.2. The van der Waals surface area contributed by atoms with Gasteiger partial charge in [-0.3, -0.25) is 4.79 Å². The molecule has 0 spiro atoms. The number of rotatable bonds is 6. The van der Waals surface area contributed by atoms with Gasteiger partial charge in [-0.2, -0.15) is 0 Å². The summed E-state index contributed by atoms with van der Waals surface area (Å²) in [5.41, 5.74) is 11.4. The van der Waals surface area contributed by atoms with Gasteiger partial charge in [0.05, 0.1) is 21.8 Å². The zero-order chi connectivity index (χ0) is 35.3. The number of aromatic nitrogens is 1. The molecule has 0 amide bonds. The first-order valence-corrected chi connectivity index (χ1v) is 17.8. The number of benzene rings is 8. The van der Waals surface area contributed by atoms with Crippen molar-refractivity contribution >= 4 is 60.8 Å². The minimum atomic E-state index is -0.0392. The minimum absolute atomic E-state index is 0.0392. The average molecular weight is 681 g/mol. The van der Waals surface area contributed by atoms with Crippen LogP contribution >= 0.6 is 0 Å². The molecule has 2 aromatic heterocycles. The summed E-state index contributed by atoms with van der Waals surface area (Å²) in [4.78, 5) is 16.4. The number of para-hydroxylation sites is 6. The van der Waals surface area contributed by atoms with E-state index < -0.39 is 0 Å². The Balaban J connectivity index is 1.12. The second-order valence-electron chi connectivity index (χ2n) is 13.3. The SMILES string of the molecule is O=c1c2cccc(-c3ccc(N(c4ccccc4)c4ccccc4)cc3)c2oc2c(-c3ccc4c(c3)c3ccccc3n4-c3ccccc3)cccc12. The van der Waals surface area contributed by atoms with E-state index in [4.69, 9.17) is 4.42 Å². The first kappa shape index (κ1) is 30.6. The smallest absolute Gasteiger partial charge is 0.200 e. The number of nitrogens with zero attached hydrogens (tertiary/aromatic N) is 2. The van der Waals surface area contributed by atoms with Gasteiger partial charge in [-0.1, -0.05) is 115 Å². The van der Waals surface area contributed by atoms with E-state index in [1.54, 1.807) is 0 Å². The van der Waals surface area contributed by atoms with Crippen molar-refractivity contribution in [2.45, 2.75) is 0 Å². The van der Waals surface area contributed by atoms with E-state index in [2.05, 4.69) is 149 Å². The van der Waals surface area contributed by atoms with Crippen LogP contribution in [-0.4, -0.2) is 4.57 Å². The summed E-state index contributed by atoms with van der Waals surface area (Å²) in [5, 5.41) is 3.44. The first-order chi connectivity index (χ1) is 26.2. The lowest BCUT2D eigenvalue weighted by Crippen LogP contribution is -2.09. The quantitative estimate of drug-likeness (QED) is 0.164. The molecule has 0 radical (unpaired) electrons. The van der Waals surface area contributed by atoms with Gasteiger partial charge in [0.15, 0.2) is 0 Å². The van der Waals surface area contributed by atoms with Crippen LogP contribution in [0.3, 0.4) is 0 Å². The number of fused-ring (bicyclic) bond motifs is 5. The van der Waals surface area contributed by atoms with Crippen molar-refractivity contribution in [1.29, 1.82) is 0 Å². The summed E-state index contributed by atoms with van der Waals surface area (Å²) < 4.78 is 9.18. The molecule has 4 nitrogen and oxygen atoms in total. The van der Waals surface area contributed by atoms with E-state index >= 15 is 0 Å².